The number of unbranched alkanes of at least 4 members (excludes halogenated alkanes) is 3. The van der Waals surface area contributed by atoms with Crippen LogP contribution in [0.4, 0.5) is 0 Å². The van der Waals surface area contributed by atoms with Crippen molar-refractivity contribution in [3.63, 3.8) is 0 Å². The molecule has 0 bridgehead atoms. The van der Waals surface area contributed by atoms with Crippen molar-refractivity contribution in [3.8, 4) is 5.75 Å². The molecule has 1 aromatic heterocycles. The third-order valence-corrected chi connectivity index (χ3v) is 7.68. The zero-order valence-corrected chi connectivity index (χ0v) is 19.4. The second-order valence-electron chi connectivity index (χ2n) is 9.90. The summed E-state index contributed by atoms with van der Waals surface area (Å²) in [6, 6.07) is 3.92. The molecule has 30 heavy (non-hydrogen) atoms. The van der Waals surface area contributed by atoms with Crippen LogP contribution in [0.2, 0.25) is 0 Å². The van der Waals surface area contributed by atoms with Crippen LogP contribution in [0.1, 0.15) is 109 Å². The number of carbonyl (C=O) groups excluding carboxylic acids is 1. The van der Waals surface area contributed by atoms with E-state index in [-0.39, 0.29) is 11.9 Å². The van der Waals surface area contributed by atoms with E-state index >= 15 is 0 Å². The molecular weight excluding hydrogens is 370 g/mol. The van der Waals surface area contributed by atoms with Gasteiger partial charge >= 0.3 is 5.97 Å². The van der Waals surface area contributed by atoms with Crippen LogP contribution >= 0.6 is 0 Å². The zero-order valence-electron chi connectivity index (χ0n) is 19.4. The number of rotatable bonds is 10. The van der Waals surface area contributed by atoms with Crippen molar-refractivity contribution in [2.24, 2.45) is 23.7 Å². The van der Waals surface area contributed by atoms with Crippen molar-refractivity contribution >= 4 is 5.97 Å². The first-order valence-corrected chi connectivity index (χ1v) is 12.9. The monoisotopic (exact) mass is 413 g/mol. The van der Waals surface area contributed by atoms with Crippen LogP contribution in [0.3, 0.4) is 0 Å². The maximum absolute atomic E-state index is 12.6. The van der Waals surface area contributed by atoms with Gasteiger partial charge in [-0.2, -0.15) is 0 Å². The van der Waals surface area contributed by atoms with Gasteiger partial charge in [-0.3, -0.25) is 9.78 Å². The van der Waals surface area contributed by atoms with Gasteiger partial charge in [0.25, 0.3) is 0 Å². The van der Waals surface area contributed by atoms with Crippen molar-refractivity contribution in [1.29, 1.82) is 0 Å². The summed E-state index contributed by atoms with van der Waals surface area (Å²) in [6.07, 6.45) is 20.7. The molecule has 3 heteroatoms. The zero-order chi connectivity index (χ0) is 21.2. The van der Waals surface area contributed by atoms with Crippen LogP contribution < -0.4 is 4.74 Å². The lowest BCUT2D eigenvalue weighted by atomic mass is 9.68. The lowest BCUT2D eigenvalue weighted by Gasteiger charge is -2.37. The van der Waals surface area contributed by atoms with Crippen LogP contribution in [-0.2, 0) is 11.2 Å². The van der Waals surface area contributed by atoms with Gasteiger partial charge in [0.1, 0.15) is 5.75 Å². The van der Waals surface area contributed by atoms with Gasteiger partial charge in [0.2, 0.25) is 0 Å². The number of hydrogen-bond donors (Lipinski definition) is 0. The molecule has 0 amide bonds. The number of aryl methyl sites for hydroxylation is 1. The Morgan fingerprint density at radius 1 is 0.900 bits per heavy atom. The second kappa shape index (κ2) is 12.5. The normalized spacial score (nSPS) is 27.0. The van der Waals surface area contributed by atoms with E-state index in [1.807, 2.05) is 12.1 Å². The molecule has 0 atom stereocenters. The Kier molecular flexibility index (Phi) is 9.68. The van der Waals surface area contributed by atoms with Gasteiger partial charge in [0, 0.05) is 5.69 Å². The first kappa shape index (κ1) is 23.3. The molecule has 0 N–H and O–H groups in total. The summed E-state index contributed by atoms with van der Waals surface area (Å²) < 4.78 is 5.67. The van der Waals surface area contributed by atoms with E-state index in [2.05, 4.69) is 18.8 Å². The number of aromatic nitrogens is 1. The predicted octanol–water partition coefficient (Wildman–Crippen LogP) is 7.52. The Hall–Kier alpha value is -1.38. The number of carbonyl (C=O) groups is 1. The van der Waals surface area contributed by atoms with E-state index in [9.17, 15) is 4.79 Å². The van der Waals surface area contributed by atoms with Crippen LogP contribution in [0, 0.1) is 23.7 Å². The molecule has 168 valence electrons. The van der Waals surface area contributed by atoms with Crippen molar-refractivity contribution < 1.29 is 9.53 Å². The average molecular weight is 414 g/mol. The van der Waals surface area contributed by atoms with Crippen molar-refractivity contribution in [2.75, 3.05) is 0 Å². The second-order valence-corrected chi connectivity index (χ2v) is 9.90. The Bertz CT molecular complexity index is 610. The summed E-state index contributed by atoms with van der Waals surface area (Å²) in [5.74, 6) is 3.36. The molecule has 2 aliphatic carbocycles. The topological polar surface area (TPSA) is 39.2 Å². The number of esters is 1. The van der Waals surface area contributed by atoms with Gasteiger partial charge in [-0.15, -0.1) is 0 Å². The molecule has 3 rings (SSSR count). The van der Waals surface area contributed by atoms with Crippen LogP contribution in [0.15, 0.2) is 18.3 Å². The van der Waals surface area contributed by atoms with Crippen molar-refractivity contribution in [1.82, 2.24) is 4.98 Å². The molecule has 2 saturated carbocycles. The summed E-state index contributed by atoms with van der Waals surface area (Å²) in [5, 5.41) is 0. The summed E-state index contributed by atoms with van der Waals surface area (Å²) in [7, 11) is 0. The molecular formula is C27H43NO2. The van der Waals surface area contributed by atoms with E-state index in [0.29, 0.717) is 5.75 Å². The molecule has 0 aromatic carbocycles. The summed E-state index contributed by atoms with van der Waals surface area (Å²) in [6.45, 7) is 4.51. The van der Waals surface area contributed by atoms with Gasteiger partial charge in [0.05, 0.1) is 12.1 Å². The fourth-order valence-electron chi connectivity index (χ4n) is 5.64. The maximum atomic E-state index is 12.6. The lowest BCUT2D eigenvalue weighted by Crippen LogP contribution is -2.30. The highest BCUT2D eigenvalue weighted by molar-refractivity contribution is 5.75. The van der Waals surface area contributed by atoms with Crippen LogP contribution in [0.5, 0.6) is 5.75 Å². The first-order valence-electron chi connectivity index (χ1n) is 12.9. The minimum atomic E-state index is -0.0442. The summed E-state index contributed by atoms with van der Waals surface area (Å²) in [5.41, 5.74) is 1.09. The van der Waals surface area contributed by atoms with Gasteiger partial charge in [-0.1, -0.05) is 58.8 Å². The molecule has 1 aromatic rings. The third-order valence-electron chi connectivity index (χ3n) is 7.68. The molecule has 2 fully saturated rings. The quantitative estimate of drug-likeness (QED) is 0.294. The Morgan fingerprint density at radius 3 is 2.17 bits per heavy atom. The smallest absolute Gasteiger partial charge is 0.314 e. The number of ether oxygens (including phenoxy) is 1. The van der Waals surface area contributed by atoms with E-state index in [1.165, 1.54) is 77.0 Å². The molecule has 0 unspecified atom stereocenters. The summed E-state index contributed by atoms with van der Waals surface area (Å²) >= 11 is 0. The molecule has 3 nitrogen and oxygen atoms in total. The van der Waals surface area contributed by atoms with Crippen molar-refractivity contribution in [2.45, 2.75) is 110 Å². The molecule has 2 aliphatic rings. The van der Waals surface area contributed by atoms with Gasteiger partial charge in [0.15, 0.2) is 0 Å². The highest BCUT2D eigenvalue weighted by Crippen LogP contribution is 2.42. The molecule has 0 aliphatic heterocycles. The molecule has 0 spiro atoms. The number of hydrogen-bond acceptors (Lipinski definition) is 3. The predicted molar refractivity (Wildman–Crippen MR) is 124 cm³/mol. The molecule has 1 heterocycles. The SMILES string of the molecule is CCCCCc1ccc(OC(=O)C2CCC(C3CCC(CCCC)CC3)CC2)cn1. The Balaban J connectivity index is 1.37. The first-order chi connectivity index (χ1) is 14.7. The minimum absolute atomic E-state index is 0.0442. The molecule has 0 saturated heterocycles. The van der Waals surface area contributed by atoms with E-state index in [4.69, 9.17) is 4.74 Å². The average Bonchev–Trinajstić information content (AvgIpc) is 2.79. The minimum Gasteiger partial charge on any atom is -0.425 e. The number of pyridine rings is 1. The third kappa shape index (κ3) is 7.10. The largest absolute Gasteiger partial charge is 0.425 e. The molecule has 0 radical (unpaired) electrons. The Labute approximate surface area is 184 Å². The Morgan fingerprint density at radius 2 is 1.57 bits per heavy atom. The summed E-state index contributed by atoms with van der Waals surface area (Å²) in [4.78, 5) is 17.1. The van der Waals surface area contributed by atoms with Crippen molar-refractivity contribution in [3.05, 3.63) is 24.0 Å². The standard InChI is InChI=1S/C27H43NO2/c1-3-5-7-9-25-18-19-26(20-28-25)30-27(29)24-16-14-23(15-17-24)22-12-10-21(11-13-22)8-6-4-2/h18-24H,3-17H2,1-2H3. The van der Waals surface area contributed by atoms with Crippen LogP contribution in [-0.4, -0.2) is 11.0 Å². The number of nitrogens with zero attached hydrogens (tertiary/aromatic N) is 1. The fourth-order valence-corrected chi connectivity index (χ4v) is 5.64. The highest BCUT2D eigenvalue weighted by Gasteiger charge is 2.33. The highest BCUT2D eigenvalue weighted by atomic mass is 16.5. The van der Waals surface area contributed by atoms with Gasteiger partial charge in [-0.25, -0.2) is 0 Å². The van der Waals surface area contributed by atoms with E-state index in [1.54, 1.807) is 6.20 Å². The van der Waals surface area contributed by atoms with E-state index in [0.717, 1.165) is 42.7 Å². The fraction of sp³-hybridized carbons (Fsp3) is 0.778. The van der Waals surface area contributed by atoms with Gasteiger partial charge in [-0.05, 0) is 81.3 Å². The lowest BCUT2D eigenvalue weighted by molar-refractivity contribution is -0.140. The maximum Gasteiger partial charge on any atom is 0.314 e. The van der Waals surface area contributed by atoms with E-state index < -0.39 is 0 Å². The van der Waals surface area contributed by atoms with Crippen LogP contribution in [0.25, 0.3) is 0 Å². The van der Waals surface area contributed by atoms with Gasteiger partial charge < -0.3 is 4.74 Å².